The number of carbonyl (C=O) groups excluding carboxylic acids is 1. The van der Waals surface area contributed by atoms with Gasteiger partial charge in [0, 0.05) is 30.5 Å². The van der Waals surface area contributed by atoms with E-state index in [1.54, 1.807) is 23.0 Å². The Morgan fingerprint density at radius 3 is 2.93 bits per heavy atom. The summed E-state index contributed by atoms with van der Waals surface area (Å²) >= 11 is 0. The third-order valence-corrected chi connectivity index (χ3v) is 4.67. The SMILES string of the molecule is O=C(NCc1cnn(-c2ccccc2)c1)c1cccc(OCC2CCCO2)c1. The van der Waals surface area contributed by atoms with Crippen molar-refractivity contribution < 1.29 is 14.3 Å². The van der Waals surface area contributed by atoms with Crippen molar-refractivity contribution in [3.8, 4) is 11.4 Å². The van der Waals surface area contributed by atoms with Crippen molar-refractivity contribution in [2.45, 2.75) is 25.5 Å². The zero-order chi connectivity index (χ0) is 19.2. The van der Waals surface area contributed by atoms with Gasteiger partial charge in [0.15, 0.2) is 0 Å². The molecule has 2 heterocycles. The first kappa shape index (κ1) is 18.3. The average molecular weight is 377 g/mol. The van der Waals surface area contributed by atoms with Gasteiger partial charge in [-0.3, -0.25) is 4.79 Å². The maximum Gasteiger partial charge on any atom is 0.251 e. The zero-order valence-corrected chi connectivity index (χ0v) is 15.6. The Morgan fingerprint density at radius 2 is 2.11 bits per heavy atom. The van der Waals surface area contributed by atoms with Gasteiger partial charge in [0.2, 0.25) is 0 Å². The van der Waals surface area contributed by atoms with Gasteiger partial charge in [0.05, 0.1) is 18.0 Å². The summed E-state index contributed by atoms with van der Waals surface area (Å²) in [4.78, 5) is 12.5. The number of hydrogen-bond donors (Lipinski definition) is 1. The highest BCUT2D eigenvalue weighted by Gasteiger charge is 2.16. The van der Waals surface area contributed by atoms with Gasteiger partial charge in [-0.25, -0.2) is 4.68 Å². The van der Waals surface area contributed by atoms with Crippen molar-refractivity contribution in [3.05, 3.63) is 78.1 Å². The van der Waals surface area contributed by atoms with Crippen LogP contribution >= 0.6 is 0 Å². The van der Waals surface area contributed by atoms with Gasteiger partial charge in [-0.1, -0.05) is 24.3 Å². The predicted octanol–water partition coefficient (Wildman–Crippen LogP) is 3.36. The molecule has 1 aliphatic rings. The first-order chi connectivity index (χ1) is 13.8. The maximum absolute atomic E-state index is 12.5. The summed E-state index contributed by atoms with van der Waals surface area (Å²) in [5.41, 5.74) is 2.49. The van der Waals surface area contributed by atoms with Crippen molar-refractivity contribution in [2.75, 3.05) is 13.2 Å². The Hall–Kier alpha value is -3.12. The van der Waals surface area contributed by atoms with Gasteiger partial charge < -0.3 is 14.8 Å². The molecule has 1 atom stereocenters. The van der Waals surface area contributed by atoms with Crippen molar-refractivity contribution in [1.29, 1.82) is 0 Å². The number of amides is 1. The number of ether oxygens (including phenoxy) is 2. The van der Waals surface area contributed by atoms with Crippen LogP contribution in [0, 0.1) is 0 Å². The highest BCUT2D eigenvalue weighted by molar-refractivity contribution is 5.94. The van der Waals surface area contributed by atoms with E-state index in [2.05, 4.69) is 10.4 Å². The zero-order valence-electron chi connectivity index (χ0n) is 15.6. The first-order valence-electron chi connectivity index (χ1n) is 9.49. The smallest absolute Gasteiger partial charge is 0.251 e. The lowest BCUT2D eigenvalue weighted by Crippen LogP contribution is -2.22. The fourth-order valence-corrected chi connectivity index (χ4v) is 3.15. The van der Waals surface area contributed by atoms with Crippen molar-refractivity contribution in [2.24, 2.45) is 0 Å². The van der Waals surface area contributed by atoms with E-state index in [4.69, 9.17) is 9.47 Å². The lowest BCUT2D eigenvalue weighted by molar-refractivity contribution is 0.0679. The Morgan fingerprint density at radius 1 is 1.21 bits per heavy atom. The van der Waals surface area contributed by atoms with Gasteiger partial charge in [0.1, 0.15) is 12.4 Å². The molecule has 1 unspecified atom stereocenters. The number of para-hydroxylation sites is 1. The van der Waals surface area contributed by atoms with Gasteiger partial charge in [-0.15, -0.1) is 0 Å². The van der Waals surface area contributed by atoms with Crippen LogP contribution in [-0.2, 0) is 11.3 Å². The highest BCUT2D eigenvalue weighted by atomic mass is 16.5. The van der Waals surface area contributed by atoms with Gasteiger partial charge >= 0.3 is 0 Å². The molecule has 1 fully saturated rings. The number of carbonyl (C=O) groups is 1. The molecule has 0 spiro atoms. The second-order valence-corrected chi connectivity index (χ2v) is 6.79. The van der Waals surface area contributed by atoms with Crippen LogP contribution < -0.4 is 10.1 Å². The summed E-state index contributed by atoms with van der Waals surface area (Å²) in [7, 11) is 0. The van der Waals surface area contributed by atoms with Crippen LogP contribution in [0.25, 0.3) is 5.69 Å². The molecule has 1 aliphatic heterocycles. The summed E-state index contributed by atoms with van der Waals surface area (Å²) in [6, 6.07) is 17.1. The standard InChI is InChI=1S/C22H23N3O3/c26-22(18-6-4-9-20(12-18)28-16-21-10-5-11-27-21)23-13-17-14-24-25(15-17)19-7-2-1-3-8-19/h1-4,6-9,12,14-15,21H,5,10-11,13,16H2,(H,23,26). The monoisotopic (exact) mass is 377 g/mol. The van der Waals surface area contributed by atoms with E-state index < -0.39 is 0 Å². The molecular formula is C22H23N3O3. The molecule has 2 aromatic carbocycles. The summed E-state index contributed by atoms with van der Waals surface area (Å²) in [6.45, 7) is 1.73. The number of aromatic nitrogens is 2. The molecular weight excluding hydrogens is 354 g/mol. The molecule has 6 nitrogen and oxygen atoms in total. The second kappa shape index (κ2) is 8.71. The van der Waals surface area contributed by atoms with E-state index in [0.717, 1.165) is 30.7 Å². The molecule has 6 heteroatoms. The molecule has 0 saturated carbocycles. The van der Waals surface area contributed by atoms with Gasteiger partial charge in [-0.05, 0) is 43.2 Å². The van der Waals surface area contributed by atoms with Crippen molar-refractivity contribution in [3.63, 3.8) is 0 Å². The minimum absolute atomic E-state index is 0.143. The normalized spacial score (nSPS) is 16.1. The lowest BCUT2D eigenvalue weighted by Gasteiger charge is -2.12. The van der Waals surface area contributed by atoms with Crippen LogP contribution in [0.5, 0.6) is 5.75 Å². The third-order valence-electron chi connectivity index (χ3n) is 4.67. The van der Waals surface area contributed by atoms with Crippen LogP contribution in [0.3, 0.4) is 0 Å². The minimum Gasteiger partial charge on any atom is -0.491 e. The molecule has 1 amide bonds. The number of rotatable bonds is 7. The maximum atomic E-state index is 12.5. The fraction of sp³-hybridized carbons (Fsp3) is 0.273. The van der Waals surface area contributed by atoms with Crippen LogP contribution in [0.15, 0.2) is 67.0 Å². The Balaban J connectivity index is 1.32. The van der Waals surface area contributed by atoms with E-state index in [1.165, 1.54) is 0 Å². The average Bonchev–Trinajstić information content (AvgIpc) is 3.43. The van der Waals surface area contributed by atoms with E-state index in [9.17, 15) is 4.79 Å². The van der Waals surface area contributed by atoms with Gasteiger partial charge in [-0.2, -0.15) is 5.10 Å². The first-order valence-corrected chi connectivity index (χ1v) is 9.49. The lowest BCUT2D eigenvalue weighted by atomic mass is 10.2. The van der Waals surface area contributed by atoms with E-state index in [1.807, 2.05) is 48.7 Å². The molecule has 3 aromatic rings. The fourth-order valence-electron chi connectivity index (χ4n) is 3.15. The second-order valence-electron chi connectivity index (χ2n) is 6.79. The predicted molar refractivity (Wildman–Crippen MR) is 106 cm³/mol. The van der Waals surface area contributed by atoms with Crippen molar-refractivity contribution in [1.82, 2.24) is 15.1 Å². The topological polar surface area (TPSA) is 65.4 Å². The van der Waals surface area contributed by atoms with Crippen molar-refractivity contribution >= 4 is 5.91 Å². The minimum atomic E-state index is -0.143. The molecule has 1 N–H and O–H groups in total. The molecule has 0 radical (unpaired) electrons. The van der Waals surface area contributed by atoms with Gasteiger partial charge in [0.25, 0.3) is 5.91 Å². The van der Waals surface area contributed by atoms with E-state index in [-0.39, 0.29) is 12.0 Å². The van der Waals surface area contributed by atoms with Crippen LogP contribution in [-0.4, -0.2) is 35.0 Å². The highest BCUT2D eigenvalue weighted by Crippen LogP contribution is 2.17. The summed E-state index contributed by atoms with van der Waals surface area (Å²) in [6.07, 6.45) is 5.93. The number of benzene rings is 2. The number of nitrogens with zero attached hydrogens (tertiary/aromatic N) is 2. The molecule has 0 aliphatic carbocycles. The molecule has 1 aromatic heterocycles. The Bertz CT molecular complexity index is 918. The molecule has 1 saturated heterocycles. The van der Waals surface area contributed by atoms with E-state index in [0.29, 0.717) is 24.5 Å². The Labute approximate surface area is 164 Å². The van der Waals surface area contributed by atoms with Crippen LogP contribution in [0.1, 0.15) is 28.8 Å². The summed E-state index contributed by atoms with van der Waals surface area (Å²) < 4.78 is 13.1. The van der Waals surface area contributed by atoms with Crippen LogP contribution in [0.4, 0.5) is 0 Å². The van der Waals surface area contributed by atoms with E-state index >= 15 is 0 Å². The molecule has 0 bridgehead atoms. The van der Waals surface area contributed by atoms with Crippen LogP contribution in [0.2, 0.25) is 0 Å². The quantitative estimate of drug-likeness (QED) is 0.686. The largest absolute Gasteiger partial charge is 0.491 e. The number of nitrogens with one attached hydrogen (secondary N) is 1. The summed E-state index contributed by atoms with van der Waals surface area (Å²) in [5, 5.41) is 7.28. The molecule has 4 rings (SSSR count). The Kier molecular flexibility index (Phi) is 5.68. The summed E-state index contributed by atoms with van der Waals surface area (Å²) in [5.74, 6) is 0.537. The number of hydrogen-bond acceptors (Lipinski definition) is 4. The third kappa shape index (κ3) is 4.58. The molecule has 28 heavy (non-hydrogen) atoms. The molecule has 144 valence electrons.